The SMILES string of the molecule is Cl.N=C(Cc1ccc2ccccc2c1Cl)N1CCC(O)(c2ccccc2)CC1. The minimum Gasteiger partial charge on any atom is -0.385 e. The van der Waals surface area contributed by atoms with E-state index in [2.05, 4.69) is 11.0 Å². The van der Waals surface area contributed by atoms with E-state index in [1.54, 1.807) is 0 Å². The average molecular weight is 415 g/mol. The molecule has 0 atom stereocenters. The fourth-order valence-electron chi connectivity index (χ4n) is 3.89. The molecule has 1 fully saturated rings. The molecule has 0 aromatic heterocycles. The summed E-state index contributed by atoms with van der Waals surface area (Å²) in [5.74, 6) is 0.558. The van der Waals surface area contributed by atoms with Gasteiger partial charge in [-0.05, 0) is 29.4 Å². The number of likely N-dealkylation sites (tertiary alicyclic amines) is 1. The smallest absolute Gasteiger partial charge is 0.100 e. The molecule has 3 aromatic carbocycles. The van der Waals surface area contributed by atoms with E-state index in [0.29, 0.717) is 38.2 Å². The number of nitrogens with zero attached hydrogens (tertiary/aromatic N) is 1. The molecule has 0 saturated carbocycles. The van der Waals surface area contributed by atoms with Gasteiger partial charge in [0.25, 0.3) is 0 Å². The van der Waals surface area contributed by atoms with Crippen LogP contribution in [0.1, 0.15) is 24.0 Å². The van der Waals surface area contributed by atoms with Crippen molar-refractivity contribution in [1.82, 2.24) is 4.90 Å². The summed E-state index contributed by atoms with van der Waals surface area (Å²) < 4.78 is 0. The summed E-state index contributed by atoms with van der Waals surface area (Å²) in [6.45, 7) is 1.35. The third-order valence-corrected chi connectivity index (χ3v) is 6.03. The lowest BCUT2D eigenvalue weighted by Crippen LogP contribution is -2.45. The van der Waals surface area contributed by atoms with Gasteiger partial charge in [-0.25, -0.2) is 0 Å². The van der Waals surface area contributed by atoms with Crippen molar-refractivity contribution in [3.05, 3.63) is 82.9 Å². The molecule has 0 bridgehead atoms. The van der Waals surface area contributed by atoms with Crippen molar-refractivity contribution < 1.29 is 5.11 Å². The first-order valence-corrected chi connectivity index (χ1v) is 9.71. The lowest BCUT2D eigenvalue weighted by atomic mass is 9.84. The molecular weight excluding hydrogens is 391 g/mol. The molecule has 5 heteroatoms. The molecule has 146 valence electrons. The maximum Gasteiger partial charge on any atom is 0.100 e. The van der Waals surface area contributed by atoms with Gasteiger partial charge in [-0.2, -0.15) is 0 Å². The van der Waals surface area contributed by atoms with Crippen molar-refractivity contribution >= 4 is 40.6 Å². The lowest BCUT2D eigenvalue weighted by molar-refractivity contribution is -0.0125. The number of nitrogens with one attached hydrogen (secondary N) is 1. The summed E-state index contributed by atoms with van der Waals surface area (Å²) in [5.41, 5.74) is 1.15. The van der Waals surface area contributed by atoms with Crippen LogP contribution < -0.4 is 0 Å². The molecule has 3 aromatic rings. The predicted octanol–water partition coefficient (Wildman–Crippen LogP) is 5.42. The number of piperidine rings is 1. The molecule has 0 aliphatic carbocycles. The highest BCUT2D eigenvalue weighted by Crippen LogP contribution is 2.33. The van der Waals surface area contributed by atoms with Gasteiger partial charge < -0.3 is 10.0 Å². The van der Waals surface area contributed by atoms with Gasteiger partial charge in [0.1, 0.15) is 5.84 Å². The Morgan fingerprint density at radius 3 is 2.32 bits per heavy atom. The van der Waals surface area contributed by atoms with E-state index in [1.165, 1.54) is 0 Å². The summed E-state index contributed by atoms with van der Waals surface area (Å²) in [6, 6.07) is 22.0. The molecule has 0 spiro atoms. The van der Waals surface area contributed by atoms with Crippen molar-refractivity contribution in [2.75, 3.05) is 13.1 Å². The van der Waals surface area contributed by atoms with Gasteiger partial charge in [0.05, 0.1) is 10.6 Å². The lowest BCUT2D eigenvalue weighted by Gasteiger charge is -2.39. The van der Waals surface area contributed by atoms with E-state index in [9.17, 15) is 5.11 Å². The number of aliphatic hydroxyl groups is 1. The van der Waals surface area contributed by atoms with Crippen LogP contribution in [-0.2, 0) is 12.0 Å². The van der Waals surface area contributed by atoms with E-state index >= 15 is 0 Å². The second-order valence-electron chi connectivity index (χ2n) is 7.27. The Labute approximate surface area is 176 Å². The summed E-state index contributed by atoms with van der Waals surface area (Å²) in [5, 5.41) is 22.4. The third-order valence-electron chi connectivity index (χ3n) is 5.58. The van der Waals surface area contributed by atoms with Crippen LogP contribution in [0.25, 0.3) is 10.8 Å². The molecule has 0 radical (unpaired) electrons. The number of halogens is 2. The highest BCUT2D eigenvalue weighted by molar-refractivity contribution is 6.36. The van der Waals surface area contributed by atoms with Crippen molar-refractivity contribution in [3.63, 3.8) is 0 Å². The fraction of sp³-hybridized carbons (Fsp3) is 0.261. The Morgan fingerprint density at radius 2 is 1.61 bits per heavy atom. The highest BCUT2D eigenvalue weighted by atomic mass is 35.5. The molecular formula is C23H24Cl2N2O. The number of rotatable bonds is 3. The summed E-state index contributed by atoms with van der Waals surface area (Å²) in [4.78, 5) is 2.06. The standard InChI is InChI=1S/C23H23ClN2O.ClH/c24-22-18(11-10-17-6-4-5-9-20(17)22)16-21(25)26-14-12-23(27,13-15-26)19-7-2-1-3-8-19;/h1-11,25,27H,12-16H2;1H. The van der Waals surface area contributed by atoms with Crippen LogP contribution in [0.4, 0.5) is 0 Å². The van der Waals surface area contributed by atoms with Gasteiger partial charge in [0.15, 0.2) is 0 Å². The van der Waals surface area contributed by atoms with Crippen LogP contribution in [0.15, 0.2) is 66.7 Å². The fourth-order valence-corrected chi connectivity index (χ4v) is 4.19. The van der Waals surface area contributed by atoms with Crippen molar-refractivity contribution in [2.45, 2.75) is 24.9 Å². The largest absolute Gasteiger partial charge is 0.385 e. The Hall–Kier alpha value is -2.07. The minimum absolute atomic E-state index is 0. The zero-order valence-electron chi connectivity index (χ0n) is 15.6. The van der Waals surface area contributed by atoms with E-state index in [0.717, 1.165) is 26.9 Å². The zero-order valence-corrected chi connectivity index (χ0v) is 17.1. The maximum absolute atomic E-state index is 11.0. The highest BCUT2D eigenvalue weighted by Gasteiger charge is 2.34. The predicted molar refractivity (Wildman–Crippen MR) is 119 cm³/mol. The molecule has 3 nitrogen and oxygen atoms in total. The zero-order chi connectivity index (χ0) is 18.9. The minimum atomic E-state index is -0.793. The first-order valence-electron chi connectivity index (χ1n) is 9.33. The van der Waals surface area contributed by atoms with Gasteiger partial charge in [-0.1, -0.05) is 78.3 Å². The first kappa shape index (κ1) is 20.7. The van der Waals surface area contributed by atoms with Gasteiger partial charge in [-0.3, -0.25) is 5.41 Å². The van der Waals surface area contributed by atoms with E-state index < -0.39 is 5.60 Å². The van der Waals surface area contributed by atoms with Crippen LogP contribution in [-0.4, -0.2) is 28.9 Å². The molecule has 0 unspecified atom stereocenters. The van der Waals surface area contributed by atoms with E-state index in [1.807, 2.05) is 60.7 Å². The number of amidine groups is 1. The van der Waals surface area contributed by atoms with Crippen LogP contribution in [0.3, 0.4) is 0 Å². The van der Waals surface area contributed by atoms with Gasteiger partial charge >= 0.3 is 0 Å². The van der Waals surface area contributed by atoms with Crippen molar-refractivity contribution in [2.24, 2.45) is 0 Å². The molecule has 1 aliphatic rings. The van der Waals surface area contributed by atoms with Gasteiger partial charge in [0, 0.05) is 24.9 Å². The monoisotopic (exact) mass is 414 g/mol. The quantitative estimate of drug-likeness (QED) is 0.443. The van der Waals surface area contributed by atoms with Crippen LogP contribution in [0, 0.1) is 5.41 Å². The molecule has 1 aliphatic heterocycles. The summed E-state index contributed by atoms with van der Waals surface area (Å²) in [6.07, 6.45) is 1.77. The molecule has 1 saturated heterocycles. The summed E-state index contributed by atoms with van der Waals surface area (Å²) in [7, 11) is 0. The number of benzene rings is 3. The summed E-state index contributed by atoms with van der Waals surface area (Å²) >= 11 is 6.59. The molecule has 0 amide bonds. The Morgan fingerprint density at radius 1 is 0.964 bits per heavy atom. The number of hydrogen-bond acceptors (Lipinski definition) is 2. The normalized spacial score (nSPS) is 15.9. The second kappa shape index (κ2) is 8.52. The van der Waals surface area contributed by atoms with Crippen LogP contribution >= 0.6 is 24.0 Å². The van der Waals surface area contributed by atoms with Crippen LogP contribution in [0.5, 0.6) is 0 Å². The molecule has 28 heavy (non-hydrogen) atoms. The maximum atomic E-state index is 11.0. The third kappa shape index (κ3) is 4.02. The molecule has 1 heterocycles. The van der Waals surface area contributed by atoms with Crippen molar-refractivity contribution in [1.29, 1.82) is 5.41 Å². The molecule has 4 rings (SSSR count). The van der Waals surface area contributed by atoms with Gasteiger partial charge in [0.2, 0.25) is 0 Å². The number of fused-ring (bicyclic) bond motifs is 1. The second-order valence-corrected chi connectivity index (χ2v) is 7.65. The van der Waals surface area contributed by atoms with E-state index in [4.69, 9.17) is 17.0 Å². The molecule has 2 N–H and O–H groups in total. The average Bonchev–Trinajstić information content (AvgIpc) is 2.71. The van der Waals surface area contributed by atoms with Gasteiger partial charge in [-0.15, -0.1) is 12.4 Å². The van der Waals surface area contributed by atoms with Crippen molar-refractivity contribution in [3.8, 4) is 0 Å². The topological polar surface area (TPSA) is 47.3 Å². The first-order chi connectivity index (χ1) is 13.1. The van der Waals surface area contributed by atoms with Crippen LogP contribution in [0.2, 0.25) is 5.02 Å². The Kier molecular flexibility index (Phi) is 6.29. The Balaban J connectivity index is 0.00000225. The van der Waals surface area contributed by atoms with E-state index in [-0.39, 0.29) is 12.4 Å². The Bertz CT molecular complexity index is 967. The number of hydrogen-bond donors (Lipinski definition) is 2.